The van der Waals surface area contributed by atoms with Crippen LogP contribution in [0.15, 0.2) is 74.4 Å². The largest absolute Gasteiger partial charge is 0.375 e. The molecule has 0 aromatic rings. The van der Waals surface area contributed by atoms with Crippen LogP contribution in [0.5, 0.6) is 0 Å². The van der Waals surface area contributed by atoms with Gasteiger partial charge in [0, 0.05) is 0 Å². The fourth-order valence-corrected chi connectivity index (χ4v) is 2.57. The van der Waals surface area contributed by atoms with Crippen molar-refractivity contribution in [1.29, 1.82) is 0 Å². The van der Waals surface area contributed by atoms with E-state index in [-0.39, 0.29) is 6.10 Å². The number of hydrogen-bond donors (Lipinski definition) is 0. The van der Waals surface area contributed by atoms with Crippen LogP contribution in [0.2, 0.25) is 0 Å². The van der Waals surface area contributed by atoms with E-state index < -0.39 is 0 Å². The number of ether oxygens (including phenoxy) is 3. The van der Waals surface area contributed by atoms with Gasteiger partial charge in [0.15, 0.2) is 0 Å². The molecule has 0 saturated heterocycles. The molecule has 0 N–H and O–H groups in total. The Morgan fingerprint density at radius 2 is 0.900 bits per heavy atom. The van der Waals surface area contributed by atoms with Gasteiger partial charge in [-0.1, -0.05) is 54.7 Å². The van der Waals surface area contributed by atoms with Crippen LogP contribution in [-0.2, 0) is 14.2 Å². The Hall–Kier alpha value is -1.68. The van der Waals surface area contributed by atoms with Crippen LogP contribution in [0.4, 0.5) is 0 Å². The highest BCUT2D eigenvalue weighted by Crippen LogP contribution is 2.01. The van der Waals surface area contributed by atoms with Crippen molar-refractivity contribution in [3.8, 4) is 0 Å². The van der Waals surface area contributed by atoms with Gasteiger partial charge in [-0.2, -0.15) is 0 Å². The van der Waals surface area contributed by atoms with Crippen molar-refractivity contribution in [1.82, 2.24) is 0 Å². The molecule has 0 spiro atoms. The molecule has 0 amide bonds. The van der Waals surface area contributed by atoms with Crippen LogP contribution >= 0.6 is 0 Å². The summed E-state index contributed by atoms with van der Waals surface area (Å²) in [4.78, 5) is 0. The Bertz CT molecular complexity index is 446. The van der Waals surface area contributed by atoms with Crippen LogP contribution < -0.4 is 0 Å². The minimum Gasteiger partial charge on any atom is -0.375 e. The minimum atomic E-state index is -0.0637. The Morgan fingerprint density at radius 3 is 1.30 bits per heavy atom. The lowest BCUT2D eigenvalue weighted by molar-refractivity contribution is -0.0430. The van der Waals surface area contributed by atoms with Crippen molar-refractivity contribution in [2.24, 2.45) is 0 Å². The second-order valence-electron chi connectivity index (χ2n) is 7.10. The van der Waals surface area contributed by atoms with Crippen LogP contribution in [0.1, 0.15) is 57.8 Å². The molecule has 0 saturated carbocycles. The van der Waals surface area contributed by atoms with Crippen molar-refractivity contribution < 1.29 is 14.2 Å². The molecule has 3 nitrogen and oxygen atoms in total. The smallest absolute Gasteiger partial charge is 0.105 e. The zero-order chi connectivity index (χ0) is 22.0. The third kappa shape index (κ3) is 22.6. The van der Waals surface area contributed by atoms with Crippen LogP contribution in [0.25, 0.3) is 0 Å². The van der Waals surface area contributed by atoms with Crippen molar-refractivity contribution in [2.45, 2.75) is 63.9 Å². The Balaban J connectivity index is 4.09. The lowest BCUT2D eigenvalue weighted by Gasteiger charge is -2.16. The Labute approximate surface area is 185 Å². The van der Waals surface area contributed by atoms with E-state index in [1.54, 1.807) is 0 Å². The monoisotopic (exact) mass is 416 g/mol. The zero-order valence-electron chi connectivity index (χ0n) is 19.0. The molecule has 0 aliphatic heterocycles. The molecule has 0 aliphatic rings. The van der Waals surface area contributed by atoms with E-state index in [1.165, 1.54) is 0 Å². The van der Waals surface area contributed by atoms with Crippen molar-refractivity contribution in [3.05, 3.63) is 74.4 Å². The summed E-state index contributed by atoms with van der Waals surface area (Å²) >= 11 is 0. The maximum absolute atomic E-state index is 5.94. The van der Waals surface area contributed by atoms with Gasteiger partial charge in [-0.05, 0) is 57.8 Å². The predicted octanol–water partition coefficient (Wildman–Crippen LogP) is 7.14. The maximum atomic E-state index is 5.94. The second kappa shape index (κ2) is 25.4. The molecule has 0 aliphatic carbocycles. The van der Waals surface area contributed by atoms with E-state index in [1.807, 2.05) is 18.2 Å². The van der Waals surface area contributed by atoms with E-state index >= 15 is 0 Å². The molecule has 3 heteroatoms. The third-order valence-corrected chi connectivity index (χ3v) is 4.30. The summed E-state index contributed by atoms with van der Waals surface area (Å²) < 4.78 is 17.5. The average Bonchev–Trinajstić information content (AvgIpc) is 2.76. The second-order valence-corrected chi connectivity index (χ2v) is 7.10. The molecule has 0 unspecified atom stereocenters. The Kier molecular flexibility index (Phi) is 23.9. The van der Waals surface area contributed by atoms with Crippen molar-refractivity contribution in [2.75, 3.05) is 33.0 Å². The van der Waals surface area contributed by atoms with Gasteiger partial charge in [-0.3, -0.25) is 0 Å². The molecule has 170 valence electrons. The van der Waals surface area contributed by atoms with Gasteiger partial charge in [0.2, 0.25) is 0 Å². The van der Waals surface area contributed by atoms with Gasteiger partial charge in [0.05, 0.1) is 33.0 Å². The SMILES string of the molecule is C=CCCC/C=C/COCC(COC/C=C/CCCC=C)OC/C=C/CCCC=C. The lowest BCUT2D eigenvalue weighted by Crippen LogP contribution is -2.26. The van der Waals surface area contributed by atoms with E-state index in [9.17, 15) is 0 Å². The molecule has 0 fully saturated rings. The first kappa shape index (κ1) is 28.3. The fourth-order valence-electron chi connectivity index (χ4n) is 2.57. The summed E-state index contributed by atoms with van der Waals surface area (Å²) in [6.45, 7) is 14.1. The summed E-state index contributed by atoms with van der Waals surface area (Å²) in [6.07, 6.45) is 28.3. The van der Waals surface area contributed by atoms with Gasteiger partial charge in [0.1, 0.15) is 6.10 Å². The summed E-state index contributed by atoms with van der Waals surface area (Å²) in [5.74, 6) is 0. The summed E-state index contributed by atoms with van der Waals surface area (Å²) in [7, 11) is 0. The van der Waals surface area contributed by atoms with Gasteiger partial charge in [-0.15, -0.1) is 19.7 Å². The molecule has 0 heterocycles. The molecular formula is C27H44O3. The fraction of sp³-hybridized carbons (Fsp3) is 0.556. The number of allylic oxidation sites excluding steroid dienone is 6. The quantitative estimate of drug-likeness (QED) is 0.131. The maximum Gasteiger partial charge on any atom is 0.105 e. The zero-order valence-corrected chi connectivity index (χ0v) is 19.0. The topological polar surface area (TPSA) is 27.7 Å². The van der Waals surface area contributed by atoms with Crippen LogP contribution in [-0.4, -0.2) is 39.1 Å². The third-order valence-electron chi connectivity index (χ3n) is 4.30. The highest BCUT2D eigenvalue weighted by atomic mass is 16.6. The first-order chi connectivity index (χ1) is 14.8. The number of rotatable bonds is 23. The van der Waals surface area contributed by atoms with Crippen LogP contribution in [0.3, 0.4) is 0 Å². The summed E-state index contributed by atoms with van der Waals surface area (Å²) in [6, 6.07) is 0. The van der Waals surface area contributed by atoms with Crippen LogP contribution in [0, 0.1) is 0 Å². The van der Waals surface area contributed by atoms with Gasteiger partial charge in [-0.25, -0.2) is 0 Å². The minimum absolute atomic E-state index is 0.0637. The molecule has 0 aromatic heterocycles. The normalized spacial score (nSPS) is 11.9. The first-order valence-electron chi connectivity index (χ1n) is 11.4. The molecule has 0 rings (SSSR count). The van der Waals surface area contributed by atoms with E-state index in [0.29, 0.717) is 33.0 Å². The first-order valence-corrected chi connectivity index (χ1v) is 11.4. The highest BCUT2D eigenvalue weighted by Gasteiger charge is 2.08. The predicted molar refractivity (Wildman–Crippen MR) is 131 cm³/mol. The number of unbranched alkanes of at least 4 members (excludes halogenated alkanes) is 6. The van der Waals surface area contributed by atoms with Gasteiger partial charge in [0.25, 0.3) is 0 Å². The van der Waals surface area contributed by atoms with E-state index in [0.717, 1.165) is 57.8 Å². The van der Waals surface area contributed by atoms with Gasteiger partial charge < -0.3 is 14.2 Å². The number of hydrogen-bond acceptors (Lipinski definition) is 3. The van der Waals surface area contributed by atoms with Crippen molar-refractivity contribution >= 4 is 0 Å². The Morgan fingerprint density at radius 1 is 0.500 bits per heavy atom. The summed E-state index contributed by atoms with van der Waals surface area (Å²) in [5, 5.41) is 0. The molecule has 0 bridgehead atoms. The van der Waals surface area contributed by atoms with E-state index in [2.05, 4.69) is 56.2 Å². The molecule has 0 atom stereocenters. The van der Waals surface area contributed by atoms with Crippen molar-refractivity contribution in [3.63, 3.8) is 0 Å². The molecule has 0 aromatic carbocycles. The molecule has 0 radical (unpaired) electrons. The standard InChI is InChI=1S/C27H44O3/c1-4-7-10-13-16-19-22-28-25-27(30-24-21-18-15-12-9-6-3)26-29-23-20-17-14-11-8-5-2/h4-6,16-21,27H,1-3,7-15,22-26H2/b19-16+,20-17+,21-18+. The lowest BCUT2D eigenvalue weighted by atomic mass is 10.2. The molecule has 30 heavy (non-hydrogen) atoms. The van der Waals surface area contributed by atoms with Gasteiger partial charge >= 0.3 is 0 Å². The average molecular weight is 417 g/mol. The molecular weight excluding hydrogens is 372 g/mol. The highest BCUT2D eigenvalue weighted by molar-refractivity contribution is 4.85. The summed E-state index contributed by atoms with van der Waals surface area (Å²) in [5.41, 5.74) is 0. The van der Waals surface area contributed by atoms with E-state index in [4.69, 9.17) is 14.2 Å².